The SMILES string of the molecule is CCC(C)n1c(C#N)cc(N)c1N1CCCC(C)C1. The number of nitrogens with two attached hydrogens (primary N) is 1. The van der Waals surface area contributed by atoms with E-state index in [-0.39, 0.29) is 0 Å². The monoisotopic (exact) mass is 260 g/mol. The molecule has 19 heavy (non-hydrogen) atoms. The molecule has 2 N–H and O–H groups in total. The number of aromatic nitrogens is 1. The van der Waals surface area contributed by atoms with E-state index < -0.39 is 0 Å². The molecular weight excluding hydrogens is 236 g/mol. The molecular formula is C15H24N4. The molecule has 1 aliphatic heterocycles. The summed E-state index contributed by atoms with van der Waals surface area (Å²) in [5.41, 5.74) is 7.60. The second-order valence-electron chi connectivity index (χ2n) is 5.74. The van der Waals surface area contributed by atoms with Crippen LogP contribution in [0.4, 0.5) is 11.5 Å². The molecule has 0 radical (unpaired) electrons. The zero-order valence-electron chi connectivity index (χ0n) is 12.2. The molecule has 0 spiro atoms. The van der Waals surface area contributed by atoms with Crippen LogP contribution < -0.4 is 10.6 Å². The van der Waals surface area contributed by atoms with Gasteiger partial charge in [-0.25, -0.2) is 0 Å². The lowest BCUT2D eigenvalue weighted by atomic mass is 10.0. The lowest BCUT2D eigenvalue weighted by Crippen LogP contribution is -2.36. The maximum absolute atomic E-state index is 9.31. The normalized spacial score (nSPS) is 21.2. The summed E-state index contributed by atoms with van der Waals surface area (Å²) in [6.07, 6.45) is 3.49. The summed E-state index contributed by atoms with van der Waals surface area (Å²) in [5.74, 6) is 1.75. The van der Waals surface area contributed by atoms with Crippen molar-refractivity contribution in [1.82, 2.24) is 4.57 Å². The van der Waals surface area contributed by atoms with Gasteiger partial charge < -0.3 is 15.2 Å². The Balaban J connectivity index is 2.43. The Bertz CT molecular complexity index is 483. The Morgan fingerprint density at radius 1 is 1.58 bits per heavy atom. The van der Waals surface area contributed by atoms with Crippen LogP contribution in [0, 0.1) is 17.2 Å². The van der Waals surface area contributed by atoms with Crippen molar-refractivity contribution in [3.8, 4) is 6.07 Å². The molecule has 4 nitrogen and oxygen atoms in total. The summed E-state index contributed by atoms with van der Waals surface area (Å²) in [5, 5.41) is 9.31. The topological polar surface area (TPSA) is 58.0 Å². The highest BCUT2D eigenvalue weighted by atomic mass is 15.3. The molecule has 1 aromatic rings. The highest BCUT2D eigenvalue weighted by Crippen LogP contribution is 2.34. The Hall–Kier alpha value is -1.63. The summed E-state index contributed by atoms with van der Waals surface area (Å²) in [6, 6.07) is 4.40. The maximum Gasteiger partial charge on any atom is 0.133 e. The molecule has 1 aromatic heterocycles. The van der Waals surface area contributed by atoms with Gasteiger partial charge >= 0.3 is 0 Å². The van der Waals surface area contributed by atoms with Crippen molar-refractivity contribution in [1.29, 1.82) is 5.26 Å². The fraction of sp³-hybridized carbons (Fsp3) is 0.667. The highest BCUT2D eigenvalue weighted by Gasteiger charge is 2.25. The van der Waals surface area contributed by atoms with Gasteiger partial charge in [-0.3, -0.25) is 0 Å². The van der Waals surface area contributed by atoms with Crippen molar-refractivity contribution >= 4 is 11.5 Å². The molecule has 0 amide bonds. The van der Waals surface area contributed by atoms with Crippen molar-refractivity contribution in [2.24, 2.45) is 5.92 Å². The summed E-state index contributed by atoms with van der Waals surface area (Å²) < 4.78 is 2.12. The highest BCUT2D eigenvalue weighted by molar-refractivity contribution is 5.68. The fourth-order valence-corrected chi connectivity index (χ4v) is 2.97. The third-order valence-electron chi connectivity index (χ3n) is 4.14. The van der Waals surface area contributed by atoms with Crippen LogP contribution in [0.3, 0.4) is 0 Å². The third kappa shape index (κ3) is 2.56. The van der Waals surface area contributed by atoms with Crippen molar-refractivity contribution in [2.75, 3.05) is 23.7 Å². The van der Waals surface area contributed by atoms with Crippen molar-refractivity contribution < 1.29 is 0 Å². The summed E-state index contributed by atoms with van der Waals surface area (Å²) in [6.45, 7) is 8.65. The first-order valence-electron chi connectivity index (χ1n) is 7.24. The van der Waals surface area contributed by atoms with Gasteiger partial charge in [-0.05, 0) is 38.2 Å². The van der Waals surface area contributed by atoms with Crippen LogP contribution in [-0.2, 0) is 0 Å². The maximum atomic E-state index is 9.31. The van der Waals surface area contributed by atoms with E-state index in [1.807, 2.05) is 6.07 Å². The lowest BCUT2D eigenvalue weighted by Gasteiger charge is -2.35. The summed E-state index contributed by atoms with van der Waals surface area (Å²) in [7, 11) is 0. The molecule has 1 aliphatic rings. The van der Waals surface area contributed by atoms with Crippen LogP contribution in [0.1, 0.15) is 51.8 Å². The molecule has 0 aromatic carbocycles. The first-order chi connectivity index (χ1) is 9.08. The average molecular weight is 260 g/mol. The number of nitrogens with zero attached hydrogens (tertiary/aromatic N) is 3. The van der Waals surface area contributed by atoms with Crippen LogP contribution in [-0.4, -0.2) is 17.7 Å². The number of anilines is 2. The van der Waals surface area contributed by atoms with Gasteiger partial charge in [-0.1, -0.05) is 13.8 Å². The van der Waals surface area contributed by atoms with Gasteiger partial charge in [0, 0.05) is 19.1 Å². The Labute approximate surface area is 115 Å². The van der Waals surface area contributed by atoms with Gasteiger partial charge in [0.25, 0.3) is 0 Å². The molecule has 2 rings (SSSR count). The van der Waals surface area contributed by atoms with Gasteiger partial charge in [-0.15, -0.1) is 0 Å². The van der Waals surface area contributed by atoms with E-state index in [0.29, 0.717) is 17.7 Å². The zero-order valence-corrected chi connectivity index (χ0v) is 12.2. The predicted octanol–water partition coefficient (Wildman–Crippen LogP) is 3.15. The second-order valence-corrected chi connectivity index (χ2v) is 5.74. The number of nitriles is 1. The molecule has 0 bridgehead atoms. The molecule has 2 atom stereocenters. The van der Waals surface area contributed by atoms with Crippen molar-refractivity contribution in [2.45, 2.75) is 46.1 Å². The number of hydrogen-bond acceptors (Lipinski definition) is 3. The molecule has 1 saturated heterocycles. The van der Waals surface area contributed by atoms with Crippen LogP contribution >= 0.6 is 0 Å². The predicted molar refractivity (Wildman–Crippen MR) is 79.2 cm³/mol. The Kier molecular flexibility index (Phi) is 4.04. The Morgan fingerprint density at radius 2 is 2.32 bits per heavy atom. The quantitative estimate of drug-likeness (QED) is 0.908. The van der Waals surface area contributed by atoms with E-state index in [1.54, 1.807) is 0 Å². The number of rotatable bonds is 3. The van der Waals surface area contributed by atoms with Gasteiger partial charge in [0.1, 0.15) is 17.6 Å². The minimum absolute atomic E-state index is 0.305. The fourth-order valence-electron chi connectivity index (χ4n) is 2.97. The van der Waals surface area contributed by atoms with Gasteiger partial charge in [-0.2, -0.15) is 5.26 Å². The molecule has 2 heterocycles. The number of nitrogen functional groups attached to an aromatic ring is 1. The molecule has 1 fully saturated rings. The van der Waals surface area contributed by atoms with Crippen LogP contribution in [0.15, 0.2) is 6.07 Å². The number of piperidine rings is 1. The average Bonchev–Trinajstić information content (AvgIpc) is 2.74. The van der Waals surface area contributed by atoms with E-state index in [1.165, 1.54) is 12.8 Å². The first kappa shape index (κ1) is 13.8. The van der Waals surface area contributed by atoms with Crippen LogP contribution in [0.25, 0.3) is 0 Å². The molecule has 2 unspecified atom stereocenters. The molecule has 0 aliphatic carbocycles. The largest absolute Gasteiger partial charge is 0.396 e. The standard InChI is InChI=1S/C15H24N4/c1-4-12(3)19-13(9-16)8-14(17)15(19)18-7-5-6-11(2)10-18/h8,11-12H,4-7,10,17H2,1-3H3. The zero-order chi connectivity index (χ0) is 14.0. The minimum atomic E-state index is 0.305. The smallest absolute Gasteiger partial charge is 0.133 e. The number of hydrogen-bond donors (Lipinski definition) is 1. The lowest BCUT2D eigenvalue weighted by molar-refractivity contribution is 0.432. The van der Waals surface area contributed by atoms with Crippen molar-refractivity contribution in [3.63, 3.8) is 0 Å². The van der Waals surface area contributed by atoms with E-state index in [0.717, 1.165) is 31.0 Å². The Morgan fingerprint density at radius 3 is 2.89 bits per heavy atom. The molecule has 104 valence electrons. The van der Waals surface area contributed by atoms with E-state index in [9.17, 15) is 5.26 Å². The van der Waals surface area contributed by atoms with Gasteiger partial charge in [0.2, 0.25) is 0 Å². The third-order valence-corrected chi connectivity index (χ3v) is 4.14. The molecule has 0 saturated carbocycles. The van der Waals surface area contributed by atoms with Crippen LogP contribution in [0.5, 0.6) is 0 Å². The second kappa shape index (κ2) is 5.56. The summed E-state index contributed by atoms with van der Waals surface area (Å²) >= 11 is 0. The van der Waals surface area contributed by atoms with Crippen molar-refractivity contribution in [3.05, 3.63) is 11.8 Å². The minimum Gasteiger partial charge on any atom is -0.396 e. The summed E-state index contributed by atoms with van der Waals surface area (Å²) in [4.78, 5) is 2.36. The van der Waals surface area contributed by atoms with E-state index in [4.69, 9.17) is 5.73 Å². The molecule has 4 heteroatoms. The first-order valence-corrected chi connectivity index (χ1v) is 7.24. The van der Waals surface area contributed by atoms with E-state index >= 15 is 0 Å². The van der Waals surface area contributed by atoms with Gasteiger partial charge in [0.05, 0.1) is 5.69 Å². The van der Waals surface area contributed by atoms with E-state index in [2.05, 4.69) is 36.3 Å². The van der Waals surface area contributed by atoms with Gasteiger partial charge in [0.15, 0.2) is 0 Å². The van der Waals surface area contributed by atoms with Crippen LogP contribution in [0.2, 0.25) is 0 Å².